The van der Waals surface area contributed by atoms with Crippen LogP contribution in [0.25, 0.3) is 44.4 Å². The maximum Gasteiger partial charge on any atom is 0.410 e. The lowest BCUT2D eigenvalue weighted by Gasteiger charge is -2.30. The molecule has 4 heterocycles. The summed E-state index contributed by atoms with van der Waals surface area (Å²) in [6, 6.07) is 25.2. The summed E-state index contributed by atoms with van der Waals surface area (Å²) < 4.78 is 27.4. The van der Waals surface area contributed by atoms with E-state index in [1.807, 2.05) is 51.9 Å². The second-order valence-electron chi connectivity index (χ2n) is 18.8. The number of hydrogen-bond donors (Lipinski definition) is 4. The van der Waals surface area contributed by atoms with E-state index in [-0.39, 0.29) is 36.4 Å². The van der Waals surface area contributed by atoms with Crippen LogP contribution in [0, 0.1) is 11.7 Å². The topological polar surface area (TPSA) is 209 Å². The highest BCUT2D eigenvalue weighted by atomic mass is 19.1. The summed E-state index contributed by atoms with van der Waals surface area (Å²) >= 11 is 0. The summed E-state index contributed by atoms with van der Waals surface area (Å²) in [7, 11) is 2.48. The van der Waals surface area contributed by atoms with Crippen LogP contribution in [0.15, 0.2) is 97.3 Å². The minimum Gasteiger partial charge on any atom is -0.481 e. The standard InChI is InChI=1S/C42H49N7O5.C11H11FO4/c1-25(2)36(47-40(51)53-6)39(50)48-19-7-9-34(48)37-44-24-33(46-37)31-18-17-29-21-28(15-16-30(29)22-31)26-11-13-27(14-12-26)32-23-43-38(45-32)35-10-8-20-49(35)41(52)54-42(3,4)5;1-16-10(13)6-9(11(14)15)7-2-4-8(12)5-3-7/h11-18,21-25,34-36H,7-10,19-20H2,1-6H3,(H,43,45)(H,44,46)(H,47,51);2-5,9H,6H2,1H3,(H,14,15)/t34-,35-,36-;9-/m01/s1. The van der Waals surface area contributed by atoms with Gasteiger partial charge in [-0.25, -0.2) is 23.9 Å². The molecule has 4 atom stereocenters. The number of nitrogens with zero attached hydrogens (tertiary/aromatic N) is 4. The molecular weight excluding hydrogens is 898 g/mol. The fourth-order valence-corrected chi connectivity index (χ4v) is 8.82. The van der Waals surface area contributed by atoms with Crippen LogP contribution in [0.1, 0.15) is 102 Å². The molecule has 8 rings (SSSR count). The molecule has 368 valence electrons. The van der Waals surface area contributed by atoms with Crippen molar-refractivity contribution in [2.75, 3.05) is 27.3 Å². The number of rotatable bonds is 12. The Bertz CT molecular complexity index is 2820. The number of hydrogen-bond acceptors (Lipinski definition) is 10. The minimum atomic E-state index is -1.14. The van der Waals surface area contributed by atoms with E-state index in [1.54, 1.807) is 4.90 Å². The number of halogens is 1. The number of nitrogens with one attached hydrogen (secondary N) is 3. The molecule has 6 aromatic rings. The zero-order valence-electron chi connectivity index (χ0n) is 40.5. The number of aromatic amines is 2. The van der Waals surface area contributed by atoms with Gasteiger partial charge in [0.05, 0.1) is 62.4 Å². The van der Waals surface area contributed by atoms with E-state index < -0.39 is 41.4 Å². The molecular formula is C53H60FN7O9. The fourth-order valence-electron chi connectivity index (χ4n) is 8.82. The lowest BCUT2D eigenvalue weighted by atomic mass is 9.96. The fraction of sp³-hybridized carbons (Fsp3) is 0.377. The van der Waals surface area contributed by atoms with Crippen molar-refractivity contribution in [3.8, 4) is 33.6 Å². The molecule has 2 aliphatic heterocycles. The van der Waals surface area contributed by atoms with E-state index in [9.17, 15) is 28.4 Å². The van der Waals surface area contributed by atoms with Crippen molar-refractivity contribution in [1.29, 1.82) is 0 Å². The average Bonchev–Trinajstić information content (AvgIpc) is 4.19. The Labute approximate surface area is 405 Å². The van der Waals surface area contributed by atoms with Gasteiger partial charge in [0.1, 0.15) is 29.1 Å². The van der Waals surface area contributed by atoms with Crippen LogP contribution in [-0.4, -0.2) is 104 Å². The van der Waals surface area contributed by atoms with Crippen LogP contribution in [0.3, 0.4) is 0 Å². The van der Waals surface area contributed by atoms with Crippen LogP contribution in [0.4, 0.5) is 14.0 Å². The van der Waals surface area contributed by atoms with Gasteiger partial charge >= 0.3 is 24.1 Å². The molecule has 4 aromatic carbocycles. The number of aliphatic carboxylic acids is 1. The van der Waals surface area contributed by atoms with Crippen molar-refractivity contribution in [2.45, 2.75) is 96.4 Å². The van der Waals surface area contributed by atoms with Crippen molar-refractivity contribution < 1.29 is 47.7 Å². The van der Waals surface area contributed by atoms with Crippen molar-refractivity contribution in [2.24, 2.45) is 5.92 Å². The Morgan fingerprint density at radius 3 is 1.83 bits per heavy atom. The summed E-state index contributed by atoms with van der Waals surface area (Å²) in [5.74, 6) is -1.93. The Morgan fingerprint density at radius 1 is 0.743 bits per heavy atom. The highest BCUT2D eigenvalue weighted by molar-refractivity contribution is 5.91. The molecule has 2 saturated heterocycles. The number of benzene rings is 4. The maximum atomic E-state index is 13.6. The van der Waals surface area contributed by atoms with Crippen molar-refractivity contribution in [3.63, 3.8) is 0 Å². The summed E-state index contributed by atoms with van der Waals surface area (Å²) in [5, 5.41) is 13.9. The number of esters is 1. The van der Waals surface area contributed by atoms with Crippen molar-refractivity contribution in [1.82, 2.24) is 35.1 Å². The summed E-state index contributed by atoms with van der Waals surface area (Å²) in [6.07, 6.45) is 5.88. The molecule has 70 heavy (non-hydrogen) atoms. The second kappa shape index (κ2) is 21.8. The van der Waals surface area contributed by atoms with Gasteiger partial charge in [0.25, 0.3) is 0 Å². The van der Waals surface area contributed by atoms with Crippen LogP contribution in [0.5, 0.6) is 0 Å². The number of alkyl carbamates (subject to hydrolysis) is 1. The van der Waals surface area contributed by atoms with Crippen LogP contribution in [0.2, 0.25) is 0 Å². The predicted molar refractivity (Wildman–Crippen MR) is 261 cm³/mol. The van der Waals surface area contributed by atoms with Crippen LogP contribution in [-0.2, 0) is 28.6 Å². The third-order valence-electron chi connectivity index (χ3n) is 12.5. The first-order valence-corrected chi connectivity index (χ1v) is 23.4. The first-order chi connectivity index (χ1) is 33.4. The van der Waals surface area contributed by atoms with E-state index in [0.717, 1.165) is 93.9 Å². The number of aromatic nitrogens is 4. The number of ether oxygens (including phenoxy) is 3. The number of carboxylic acids is 1. The van der Waals surface area contributed by atoms with Crippen LogP contribution >= 0.6 is 0 Å². The monoisotopic (exact) mass is 957 g/mol. The number of H-pyrrole nitrogens is 2. The normalized spacial score (nSPS) is 16.6. The van der Waals surface area contributed by atoms with Crippen molar-refractivity contribution in [3.05, 3.63) is 120 Å². The van der Waals surface area contributed by atoms with E-state index in [0.29, 0.717) is 18.7 Å². The smallest absolute Gasteiger partial charge is 0.410 e. The molecule has 2 fully saturated rings. The molecule has 2 aliphatic rings. The molecule has 17 heteroatoms. The quantitative estimate of drug-likeness (QED) is 0.0670. The van der Waals surface area contributed by atoms with Crippen molar-refractivity contribution >= 4 is 40.8 Å². The third kappa shape index (κ3) is 12.0. The third-order valence-corrected chi connectivity index (χ3v) is 12.5. The Morgan fingerprint density at radius 2 is 1.27 bits per heavy atom. The van der Waals surface area contributed by atoms with Gasteiger partial charge in [-0.05, 0) is 110 Å². The largest absolute Gasteiger partial charge is 0.481 e. The van der Waals surface area contributed by atoms with Gasteiger partial charge in [-0.15, -0.1) is 0 Å². The maximum absolute atomic E-state index is 13.6. The van der Waals surface area contributed by atoms with E-state index in [1.165, 1.54) is 26.4 Å². The number of likely N-dealkylation sites (tertiary alicyclic amines) is 2. The first kappa shape index (κ1) is 50.3. The molecule has 0 bridgehead atoms. The Balaban J connectivity index is 0.000000384. The Kier molecular flexibility index (Phi) is 15.7. The number of carbonyl (C=O) groups is 5. The van der Waals surface area contributed by atoms with Gasteiger partial charge in [0.2, 0.25) is 5.91 Å². The lowest BCUT2D eigenvalue weighted by Crippen LogP contribution is -2.51. The molecule has 0 unspecified atom stereocenters. The van der Waals surface area contributed by atoms with E-state index >= 15 is 0 Å². The van der Waals surface area contributed by atoms with Gasteiger partial charge in [0.15, 0.2) is 0 Å². The summed E-state index contributed by atoms with van der Waals surface area (Å²) in [6.45, 7) is 10.7. The van der Waals surface area contributed by atoms with Gasteiger partial charge in [-0.3, -0.25) is 19.3 Å². The number of carboxylic acid groups (broad SMARTS) is 1. The molecule has 16 nitrogen and oxygen atoms in total. The van der Waals surface area contributed by atoms with E-state index in [4.69, 9.17) is 19.6 Å². The zero-order valence-corrected chi connectivity index (χ0v) is 40.5. The molecule has 4 N–H and O–H groups in total. The lowest BCUT2D eigenvalue weighted by molar-refractivity contribution is -0.147. The van der Waals surface area contributed by atoms with Crippen LogP contribution < -0.4 is 5.32 Å². The van der Waals surface area contributed by atoms with Gasteiger partial charge in [0, 0.05) is 18.7 Å². The summed E-state index contributed by atoms with van der Waals surface area (Å²) in [5.41, 5.74) is 5.86. The molecule has 0 saturated carbocycles. The number of amides is 3. The van der Waals surface area contributed by atoms with Gasteiger partial charge in [-0.1, -0.05) is 74.5 Å². The molecule has 2 aromatic heterocycles. The summed E-state index contributed by atoms with van der Waals surface area (Å²) in [4.78, 5) is 80.2. The number of imidazole rings is 2. The minimum absolute atomic E-state index is 0.0963. The predicted octanol–water partition coefficient (Wildman–Crippen LogP) is 9.96. The van der Waals surface area contributed by atoms with E-state index in [2.05, 4.69) is 85.7 Å². The number of fused-ring (bicyclic) bond motifs is 1. The average molecular weight is 958 g/mol. The molecule has 0 spiro atoms. The molecule has 0 aliphatic carbocycles. The SMILES string of the molecule is COC(=O)C[C@@H](C(=O)O)c1ccc(F)cc1.COC(=O)N[C@H](C(=O)N1CCC[C@H]1c1ncc(-c2ccc3cc(-c4ccc(-c5cnc([C@@H]6CCCN6C(=O)OC(C)(C)C)[nH]5)cc4)ccc3c2)[nH]1)C(C)C. The highest BCUT2D eigenvalue weighted by Crippen LogP contribution is 2.36. The first-order valence-electron chi connectivity index (χ1n) is 23.4. The zero-order chi connectivity index (χ0) is 50.3. The highest BCUT2D eigenvalue weighted by Gasteiger charge is 2.38. The van der Waals surface area contributed by atoms with Gasteiger partial charge in [-0.2, -0.15) is 0 Å². The molecule has 0 radical (unpaired) electrons. The number of methoxy groups -OCH3 is 2. The Hall–Kier alpha value is -7.56. The molecule has 3 amide bonds. The number of carbonyl (C=O) groups excluding carboxylic acids is 4. The second-order valence-corrected chi connectivity index (χ2v) is 18.8. The van der Waals surface area contributed by atoms with Gasteiger partial charge < -0.3 is 39.5 Å².